The molecule has 1 amide bonds. The molecule has 0 heterocycles. The van der Waals surface area contributed by atoms with Gasteiger partial charge in [0.15, 0.2) is 0 Å². The van der Waals surface area contributed by atoms with Crippen LogP contribution in [-0.2, 0) is 4.79 Å². The molecule has 0 atom stereocenters. The number of nitrogens with one attached hydrogen (secondary N) is 1. The number of carboxylic acids is 1. The number of carbonyl (C=O) groups is 2. The summed E-state index contributed by atoms with van der Waals surface area (Å²) in [6.45, 7) is 0. The maximum atomic E-state index is 11.9. The molecule has 0 spiro atoms. The fourth-order valence-electron chi connectivity index (χ4n) is 1.96. The second-order valence-corrected chi connectivity index (χ2v) is 4.60. The first-order valence-corrected chi connectivity index (χ1v) is 6.69. The van der Waals surface area contributed by atoms with Crippen molar-refractivity contribution in [1.29, 1.82) is 0 Å². The van der Waals surface area contributed by atoms with Crippen LogP contribution in [0, 0.1) is 0 Å². The lowest BCUT2D eigenvalue weighted by Crippen LogP contribution is -2.11. The predicted molar refractivity (Wildman–Crippen MR) is 85.7 cm³/mol. The van der Waals surface area contributed by atoms with Gasteiger partial charge in [0.2, 0.25) is 5.91 Å². The highest BCUT2D eigenvalue weighted by Gasteiger charge is 2.10. The molecule has 0 radical (unpaired) electrons. The zero-order chi connectivity index (χ0) is 16.8. The number of hydrogen-bond acceptors (Lipinski definition) is 4. The SMILES string of the molecule is COc1cc(O)ccc1C=CC(=O)Nc1ccccc1C(=O)O. The molecular formula is C17H15NO5. The smallest absolute Gasteiger partial charge is 0.337 e. The largest absolute Gasteiger partial charge is 0.508 e. The summed E-state index contributed by atoms with van der Waals surface area (Å²) >= 11 is 0. The van der Waals surface area contributed by atoms with E-state index in [4.69, 9.17) is 9.84 Å². The van der Waals surface area contributed by atoms with Crippen molar-refractivity contribution in [3.8, 4) is 11.5 Å². The molecule has 2 aromatic rings. The number of phenolic OH excluding ortho intramolecular Hbond substituents is 1. The number of methoxy groups -OCH3 is 1. The summed E-state index contributed by atoms with van der Waals surface area (Å²) in [4.78, 5) is 23.0. The molecule has 0 unspecified atom stereocenters. The fraction of sp³-hybridized carbons (Fsp3) is 0.0588. The Bertz CT molecular complexity index is 767. The molecule has 0 aliphatic rings. The number of aromatic carboxylic acids is 1. The van der Waals surface area contributed by atoms with Crippen LogP contribution in [0.4, 0.5) is 5.69 Å². The standard InChI is InChI=1S/C17H15NO5/c1-23-15-10-12(19)8-6-11(15)7-9-16(20)18-14-5-3-2-4-13(14)17(21)22/h2-10,19H,1H3,(H,18,20)(H,21,22). The third kappa shape index (κ3) is 4.10. The predicted octanol–water partition coefficient (Wildman–Crippen LogP) is 2.75. The number of ether oxygens (including phenoxy) is 1. The van der Waals surface area contributed by atoms with Crippen LogP contribution in [0.3, 0.4) is 0 Å². The highest BCUT2D eigenvalue weighted by molar-refractivity contribution is 6.06. The van der Waals surface area contributed by atoms with Gasteiger partial charge in [-0.1, -0.05) is 12.1 Å². The summed E-state index contributed by atoms with van der Waals surface area (Å²) < 4.78 is 5.11. The monoisotopic (exact) mass is 313 g/mol. The van der Waals surface area contributed by atoms with E-state index in [-0.39, 0.29) is 17.0 Å². The summed E-state index contributed by atoms with van der Waals surface area (Å²) in [6, 6.07) is 10.6. The van der Waals surface area contributed by atoms with Crippen molar-refractivity contribution >= 4 is 23.6 Å². The molecule has 2 rings (SSSR count). The summed E-state index contributed by atoms with van der Waals surface area (Å²) in [5, 5.41) is 21.0. The average Bonchev–Trinajstić information content (AvgIpc) is 2.53. The summed E-state index contributed by atoms with van der Waals surface area (Å²) in [5.74, 6) is -1.13. The molecule has 6 heteroatoms. The van der Waals surface area contributed by atoms with E-state index in [0.717, 1.165) is 0 Å². The minimum absolute atomic E-state index is 0.0106. The van der Waals surface area contributed by atoms with Crippen LogP contribution in [0.2, 0.25) is 0 Å². The molecule has 0 saturated heterocycles. The van der Waals surface area contributed by atoms with Crippen LogP contribution in [0.25, 0.3) is 6.08 Å². The lowest BCUT2D eigenvalue weighted by atomic mass is 10.1. The van der Waals surface area contributed by atoms with E-state index in [0.29, 0.717) is 11.3 Å². The highest BCUT2D eigenvalue weighted by atomic mass is 16.5. The Morgan fingerprint density at radius 3 is 2.61 bits per heavy atom. The van der Waals surface area contributed by atoms with E-state index in [1.165, 1.54) is 43.5 Å². The maximum Gasteiger partial charge on any atom is 0.337 e. The van der Waals surface area contributed by atoms with Gasteiger partial charge in [-0.2, -0.15) is 0 Å². The molecular weight excluding hydrogens is 298 g/mol. The van der Waals surface area contributed by atoms with Crippen LogP contribution in [0.15, 0.2) is 48.5 Å². The molecule has 0 aliphatic heterocycles. The Hall–Kier alpha value is -3.28. The maximum absolute atomic E-state index is 11.9. The molecule has 0 fully saturated rings. The van der Waals surface area contributed by atoms with Gasteiger partial charge in [-0.25, -0.2) is 4.79 Å². The summed E-state index contributed by atoms with van der Waals surface area (Å²) in [7, 11) is 1.45. The fourth-order valence-corrected chi connectivity index (χ4v) is 1.96. The molecule has 2 aromatic carbocycles. The molecule has 118 valence electrons. The van der Waals surface area contributed by atoms with Crippen LogP contribution >= 0.6 is 0 Å². The number of phenols is 1. The topological polar surface area (TPSA) is 95.9 Å². The lowest BCUT2D eigenvalue weighted by molar-refractivity contribution is -0.111. The third-order valence-corrected chi connectivity index (χ3v) is 3.05. The van der Waals surface area contributed by atoms with Gasteiger partial charge in [0.05, 0.1) is 18.4 Å². The molecule has 0 aromatic heterocycles. The molecule has 3 N–H and O–H groups in total. The van der Waals surface area contributed by atoms with Gasteiger partial charge >= 0.3 is 5.97 Å². The van der Waals surface area contributed by atoms with E-state index >= 15 is 0 Å². The number of anilines is 1. The van der Waals surface area contributed by atoms with Crippen molar-refractivity contribution in [2.45, 2.75) is 0 Å². The van der Waals surface area contributed by atoms with Crippen LogP contribution in [-0.4, -0.2) is 29.2 Å². The van der Waals surface area contributed by atoms with Crippen LogP contribution in [0.1, 0.15) is 15.9 Å². The Morgan fingerprint density at radius 1 is 1.17 bits per heavy atom. The van der Waals surface area contributed by atoms with Gasteiger partial charge in [-0.05, 0) is 30.3 Å². The second-order valence-electron chi connectivity index (χ2n) is 4.60. The number of carbonyl (C=O) groups excluding carboxylic acids is 1. The number of aromatic hydroxyl groups is 1. The summed E-state index contributed by atoms with van der Waals surface area (Å²) in [6.07, 6.45) is 2.77. The number of rotatable bonds is 5. The van der Waals surface area contributed by atoms with Gasteiger partial charge in [-0.3, -0.25) is 4.79 Å². The number of benzene rings is 2. The first-order valence-electron chi connectivity index (χ1n) is 6.69. The lowest BCUT2D eigenvalue weighted by Gasteiger charge is -2.07. The van der Waals surface area contributed by atoms with Crippen molar-refractivity contribution < 1.29 is 24.5 Å². The van der Waals surface area contributed by atoms with E-state index in [1.54, 1.807) is 18.2 Å². The molecule has 6 nitrogen and oxygen atoms in total. The normalized spacial score (nSPS) is 10.5. The second kappa shape index (κ2) is 7.13. The number of para-hydroxylation sites is 1. The van der Waals surface area contributed by atoms with Gasteiger partial charge in [-0.15, -0.1) is 0 Å². The van der Waals surface area contributed by atoms with E-state index in [1.807, 2.05) is 0 Å². The van der Waals surface area contributed by atoms with Crippen molar-refractivity contribution in [2.24, 2.45) is 0 Å². The number of amides is 1. The van der Waals surface area contributed by atoms with E-state index in [2.05, 4.69) is 5.32 Å². The van der Waals surface area contributed by atoms with Gasteiger partial charge in [0.1, 0.15) is 11.5 Å². The highest BCUT2D eigenvalue weighted by Crippen LogP contribution is 2.24. The van der Waals surface area contributed by atoms with E-state index in [9.17, 15) is 14.7 Å². The molecule has 0 bridgehead atoms. The molecule has 0 saturated carbocycles. The molecule has 23 heavy (non-hydrogen) atoms. The van der Waals surface area contributed by atoms with Gasteiger partial charge < -0.3 is 20.3 Å². The number of hydrogen-bond donors (Lipinski definition) is 3. The Morgan fingerprint density at radius 2 is 1.91 bits per heavy atom. The quantitative estimate of drug-likeness (QED) is 0.738. The average molecular weight is 313 g/mol. The van der Waals surface area contributed by atoms with Gasteiger partial charge in [0.25, 0.3) is 0 Å². The zero-order valence-corrected chi connectivity index (χ0v) is 12.3. The Balaban J connectivity index is 2.16. The van der Waals surface area contributed by atoms with Gasteiger partial charge in [0, 0.05) is 17.7 Å². The van der Waals surface area contributed by atoms with Crippen molar-refractivity contribution in [1.82, 2.24) is 0 Å². The van der Waals surface area contributed by atoms with Crippen molar-refractivity contribution in [2.75, 3.05) is 12.4 Å². The number of carboxylic acid groups (broad SMARTS) is 1. The van der Waals surface area contributed by atoms with E-state index < -0.39 is 11.9 Å². The van der Waals surface area contributed by atoms with Crippen LogP contribution < -0.4 is 10.1 Å². The minimum Gasteiger partial charge on any atom is -0.508 e. The van der Waals surface area contributed by atoms with Crippen molar-refractivity contribution in [3.63, 3.8) is 0 Å². The Labute approximate surface area is 132 Å². The van der Waals surface area contributed by atoms with Crippen LogP contribution in [0.5, 0.6) is 11.5 Å². The first kappa shape index (κ1) is 16.1. The molecule has 0 aliphatic carbocycles. The third-order valence-electron chi connectivity index (χ3n) is 3.05. The first-order chi connectivity index (χ1) is 11.0. The Kier molecular flexibility index (Phi) is 4.99. The zero-order valence-electron chi connectivity index (χ0n) is 12.3. The van der Waals surface area contributed by atoms with Crippen molar-refractivity contribution in [3.05, 3.63) is 59.7 Å². The minimum atomic E-state index is -1.12. The summed E-state index contributed by atoms with van der Waals surface area (Å²) in [5.41, 5.74) is 0.829.